The van der Waals surface area contributed by atoms with Crippen LogP contribution in [0.3, 0.4) is 0 Å². The van der Waals surface area contributed by atoms with Gasteiger partial charge in [0.1, 0.15) is 12.7 Å². The van der Waals surface area contributed by atoms with Gasteiger partial charge in [0.2, 0.25) is 0 Å². The van der Waals surface area contributed by atoms with Crippen molar-refractivity contribution in [2.75, 3.05) is 26.4 Å². The Kier molecular flexibility index (Phi) is 58.3. The molecule has 11 nitrogen and oxygen atoms in total. The van der Waals surface area contributed by atoms with Crippen molar-refractivity contribution in [1.29, 1.82) is 0 Å². The van der Waals surface area contributed by atoms with Gasteiger partial charge in [-0.15, -0.1) is 0 Å². The van der Waals surface area contributed by atoms with E-state index in [-0.39, 0.29) is 25.9 Å². The first kappa shape index (κ1) is 76.1. The van der Waals surface area contributed by atoms with Crippen molar-refractivity contribution >= 4 is 25.7 Å². The zero-order valence-electron chi connectivity index (χ0n) is 50.8. The Bertz CT molecular complexity index is 1760. The molecule has 80 heavy (non-hydrogen) atoms. The number of rotatable bonds is 58. The lowest BCUT2D eigenvalue weighted by Gasteiger charge is -2.21. The molecule has 0 fully saturated rings. The van der Waals surface area contributed by atoms with Gasteiger partial charge in [-0.2, -0.15) is 0 Å². The summed E-state index contributed by atoms with van der Waals surface area (Å²) in [4.78, 5) is 48.7. The van der Waals surface area contributed by atoms with Gasteiger partial charge in [0.25, 0.3) is 0 Å². The number of phosphoric acid groups is 1. The second-order valence-corrected chi connectivity index (χ2v) is 22.3. The van der Waals surface area contributed by atoms with Crippen LogP contribution in [0.15, 0.2) is 109 Å². The predicted octanol–water partition coefficient (Wildman–Crippen LogP) is 19.4. The number of allylic oxidation sites excluding steroid dienone is 18. The molecule has 458 valence electrons. The average molecular weight is 1140 g/mol. The van der Waals surface area contributed by atoms with Crippen molar-refractivity contribution in [1.82, 2.24) is 0 Å². The lowest BCUT2D eigenvalue weighted by atomic mass is 10.1. The van der Waals surface area contributed by atoms with Crippen LogP contribution in [-0.2, 0) is 42.2 Å². The molecule has 0 heterocycles. The number of esters is 3. The largest absolute Gasteiger partial charge is 0.472 e. The van der Waals surface area contributed by atoms with Crippen LogP contribution in [0.4, 0.5) is 0 Å². The topological polar surface area (TPSA) is 155 Å². The fourth-order valence-electron chi connectivity index (χ4n) is 8.33. The number of hydrogen-bond donors (Lipinski definition) is 2. The summed E-state index contributed by atoms with van der Waals surface area (Å²) in [5, 5.41) is 9.85. The highest BCUT2D eigenvalue weighted by Gasteiger charge is 2.28. The van der Waals surface area contributed by atoms with Crippen LogP contribution in [0, 0.1) is 0 Å². The predicted molar refractivity (Wildman–Crippen MR) is 334 cm³/mol. The maximum Gasteiger partial charge on any atom is 0.472 e. The van der Waals surface area contributed by atoms with Crippen molar-refractivity contribution in [3.63, 3.8) is 0 Å². The number of unbranched alkanes of at least 4 members (excludes halogenated alkanes) is 23. The smallest absolute Gasteiger partial charge is 0.462 e. The molecule has 3 atom stereocenters. The molecule has 3 unspecified atom stereocenters. The van der Waals surface area contributed by atoms with Crippen LogP contribution >= 0.6 is 7.82 Å². The molecule has 0 amide bonds. The molecule has 0 aromatic carbocycles. The molecule has 0 bridgehead atoms. The summed E-state index contributed by atoms with van der Waals surface area (Å²) in [5.41, 5.74) is 0. The Labute approximate surface area is 488 Å². The van der Waals surface area contributed by atoms with Crippen molar-refractivity contribution in [2.45, 2.75) is 277 Å². The van der Waals surface area contributed by atoms with E-state index < -0.39 is 57.8 Å². The van der Waals surface area contributed by atoms with Crippen LogP contribution in [-0.4, -0.2) is 66.5 Å². The van der Waals surface area contributed by atoms with Crippen molar-refractivity contribution in [3.05, 3.63) is 109 Å². The number of carbonyl (C=O) groups is 3. The third kappa shape index (κ3) is 58.8. The Hall–Kier alpha value is -3.86. The normalized spacial score (nSPS) is 14.0. The van der Waals surface area contributed by atoms with Crippen LogP contribution in [0.5, 0.6) is 0 Å². The highest BCUT2D eigenvalue weighted by Crippen LogP contribution is 2.43. The van der Waals surface area contributed by atoms with Crippen LogP contribution < -0.4 is 0 Å². The summed E-state index contributed by atoms with van der Waals surface area (Å²) in [6.45, 7) is 4.44. The quantitative estimate of drug-likeness (QED) is 0.0197. The number of ether oxygens (including phenoxy) is 3. The van der Waals surface area contributed by atoms with E-state index in [9.17, 15) is 28.9 Å². The summed E-state index contributed by atoms with van der Waals surface area (Å²) >= 11 is 0. The van der Waals surface area contributed by atoms with Gasteiger partial charge in [-0.05, 0) is 128 Å². The van der Waals surface area contributed by atoms with Crippen LogP contribution in [0.2, 0.25) is 0 Å². The third-order valence-electron chi connectivity index (χ3n) is 13.1. The molecule has 0 saturated heterocycles. The van der Waals surface area contributed by atoms with Crippen LogP contribution in [0.1, 0.15) is 265 Å². The first-order valence-corrected chi connectivity index (χ1v) is 33.3. The maximum atomic E-state index is 13.0. The highest BCUT2D eigenvalue weighted by atomic mass is 31.2. The summed E-state index contributed by atoms with van der Waals surface area (Å²) in [6, 6.07) is 0. The Morgan fingerprint density at radius 2 is 0.650 bits per heavy atom. The lowest BCUT2D eigenvalue weighted by molar-refractivity contribution is -0.161. The second kappa shape index (κ2) is 61.2. The molecule has 0 rings (SSSR count). The summed E-state index contributed by atoms with van der Waals surface area (Å²) in [5.74, 6) is -1.52. The van der Waals surface area contributed by atoms with Crippen molar-refractivity contribution in [3.8, 4) is 0 Å². The molecule has 0 aromatic heterocycles. The van der Waals surface area contributed by atoms with E-state index >= 15 is 0 Å². The molecule has 0 aliphatic carbocycles. The SMILES string of the molecule is CC/C=C\C/C=C\C/C=C\C/C=C\CCCCCCC(=O)OCC(COP(=O)(O)OCC(CO)OC(=O)CCCCCCCCC/C=C\C/C=C\CCCCC)OC(=O)CCCCCCCC/C=C\C/C=C\C/C=C\CCCCC. The summed E-state index contributed by atoms with van der Waals surface area (Å²) < 4.78 is 39.6. The number of aliphatic hydroxyl groups is 1. The van der Waals surface area contributed by atoms with Crippen molar-refractivity contribution < 1.29 is 52.2 Å². The average Bonchev–Trinajstić information content (AvgIpc) is 3.45. The van der Waals surface area contributed by atoms with Gasteiger partial charge in [0.05, 0.1) is 19.8 Å². The minimum atomic E-state index is -4.77. The van der Waals surface area contributed by atoms with Crippen molar-refractivity contribution in [2.24, 2.45) is 0 Å². The van der Waals surface area contributed by atoms with E-state index in [1.165, 1.54) is 64.2 Å². The Morgan fingerprint density at radius 3 is 1.00 bits per heavy atom. The minimum Gasteiger partial charge on any atom is -0.462 e. The van der Waals surface area contributed by atoms with E-state index in [1.54, 1.807) is 0 Å². The fraction of sp³-hybridized carbons (Fsp3) is 0.691. The van der Waals surface area contributed by atoms with Gasteiger partial charge in [0.15, 0.2) is 6.10 Å². The number of aliphatic hydroxyl groups excluding tert-OH is 1. The van der Waals surface area contributed by atoms with Gasteiger partial charge in [-0.1, -0.05) is 226 Å². The molecular weight excluding hydrogens is 1020 g/mol. The second-order valence-electron chi connectivity index (χ2n) is 20.8. The number of hydrogen-bond acceptors (Lipinski definition) is 10. The third-order valence-corrected chi connectivity index (χ3v) is 14.1. The Balaban J connectivity index is 4.78. The first-order valence-electron chi connectivity index (χ1n) is 31.8. The summed E-state index contributed by atoms with van der Waals surface area (Å²) in [7, 11) is -4.77. The minimum absolute atomic E-state index is 0.142. The molecule has 2 N–H and O–H groups in total. The lowest BCUT2D eigenvalue weighted by Crippen LogP contribution is -2.30. The van der Waals surface area contributed by atoms with E-state index in [0.29, 0.717) is 19.3 Å². The Morgan fingerprint density at radius 1 is 0.362 bits per heavy atom. The number of phosphoric ester groups is 1. The van der Waals surface area contributed by atoms with E-state index in [0.717, 1.165) is 141 Å². The fourth-order valence-corrected chi connectivity index (χ4v) is 9.11. The molecule has 0 aliphatic heterocycles. The molecule has 12 heteroatoms. The maximum absolute atomic E-state index is 13.0. The van der Waals surface area contributed by atoms with Gasteiger partial charge < -0.3 is 24.2 Å². The monoisotopic (exact) mass is 1140 g/mol. The van der Waals surface area contributed by atoms with Gasteiger partial charge >= 0.3 is 25.7 Å². The molecule has 0 spiro atoms. The summed E-state index contributed by atoms with van der Waals surface area (Å²) in [6.07, 6.45) is 74.6. The van der Waals surface area contributed by atoms with Crippen LogP contribution in [0.25, 0.3) is 0 Å². The zero-order chi connectivity index (χ0) is 58.3. The molecule has 0 saturated carbocycles. The van der Waals surface area contributed by atoms with Gasteiger partial charge in [0, 0.05) is 19.3 Å². The van der Waals surface area contributed by atoms with E-state index in [4.69, 9.17) is 23.3 Å². The molecule has 0 radical (unpaired) electrons. The highest BCUT2D eigenvalue weighted by molar-refractivity contribution is 7.47. The van der Waals surface area contributed by atoms with E-state index in [2.05, 4.69) is 130 Å². The molecular formula is C68H115O11P. The molecule has 0 aromatic rings. The van der Waals surface area contributed by atoms with Gasteiger partial charge in [-0.25, -0.2) is 4.57 Å². The zero-order valence-corrected chi connectivity index (χ0v) is 51.7. The van der Waals surface area contributed by atoms with E-state index in [1.807, 2.05) is 0 Å². The standard InChI is InChI=1S/C68H115O11P/c1-4-7-10-13-16-19-22-25-28-31-32-35-38-41-44-47-50-53-56-59-68(72)79-65(61-75-66(70)57-54-51-48-45-42-39-36-33-29-26-23-20-17-14-11-8-5-2)63-77-80(73,74)76-62-64(60-69)78-67(71)58-55-52-49-46-43-40-37-34-30-27-24-21-18-15-12-9-6-3/h8,11,16-21,25-30,32,35-36,39,64-65,69H,4-7,9-10,12-15,22-24,31,33-34,37-38,40-63H2,1-3H3,(H,73,74)/b11-8-,19-16-,20-17-,21-18-,28-25-,29-26-,30-27-,35-32-,39-36-. The number of carbonyl (C=O) groups excluding carboxylic acids is 3. The van der Waals surface area contributed by atoms with Gasteiger partial charge in [-0.3, -0.25) is 23.4 Å². The molecule has 0 aliphatic rings. The first-order chi connectivity index (χ1) is 39.2.